The van der Waals surface area contributed by atoms with Gasteiger partial charge in [-0.2, -0.15) is 0 Å². The molecule has 0 aromatic carbocycles. The fourth-order valence-electron chi connectivity index (χ4n) is 1.59. The second-order valence-corrected chi connectivity index (χ2v) is 5.39. The van der Waals surface area contributed by atoms with E-state index in [0.717, 1.165) is 23.0 Å². The highest BCUT2D eigenvalue weighted by Gasteiger charge is 2.19. The molecule has 17 heavy (non-hydrogen) atoms. The molecule has 0 radical (unpaired) electrons. The van der Waals surface area contributed by atoms with Gasteiger partial charge in [-0.05, 0) is 28.3 Å². The summed E-state index contributed by atoms with van der Waals surface area (Å²) in [6, 6.07) is 0. The SMILES string of the molecule is CCCC(OC)c1nc(Cl)c(Br)c(C(C)C)n1. The maximum atomic E-state index is 6.11. The summed E-state index contributed by atoms with van der Waals surface area (Å²) >= 11 is 9.54. The number of nitrogens with zero attached hydrogens (tertiary/aromatic N) is 2. The summed E-state index contributed by atoms with van der Waals surface area (Å²) in [5.41, 5.74) is 0.929. The van der Waals surface area contributed by atoms with Gasteiger partial charge in [-0.3, -0.25) is 0 Å². The largest absolute Gasteiger partial charge is 0.373 e. The van der Waals surface area contributed by atoms with Crippen LogP contribution in [0.2, 0.25) is 5.15 Å². The molecule has 0 saturated heterocycles. The summed E-state index contributed by atoms with van der Waals surface area (Å²) in [5, 5.41) is 0.455. The van der Waals surface area contributed by atoms with E-state index in [-0.39, 0.29) is 6.10 Å². The first-order valence-corrected chi connectivity index (χ1v) is 6.93. The summed E-state index contributed by atoms with van der Waals surface area (Å²) in [6.45, 7) is 6.26. The summed E-state index contributed by atoms with van der Waals surface area (Å²) < 4.78 is 6.19. The smallest absolute Gasteiger partial charge is 0.159 e. The molecule has 96 valence electrons. The van der Waals surface area contributed by atoms with Gasteiger partial charge in [-0.25, -0.2) is 9.97 Å². The Bertz CT molecular complexity index is 385. The van der Waals surface area contributed by atoms with Crippen molar-refractivity contribution in [3.05, 3.63) is 21.1 Å². The molecule has 1 aromatic heterocycles. The van der Waals surface area contributed by atoms with Gasteiger partial charge in [0.1, 0.15) is 11.3 Å². The molecular formula is C12H18BrClN2O. The Kier molecular flexibility index (Phi) is 5.83. The van der Waals surface area contributed by atoms with Gasteiger partial charge in [0.05, 0.1) is 10.2 Å². The predicted molar refractivity (Wildman–Crippen MR) is 73.5 cm³/mol. The van der Waals surface area contributed by atoms with Crippen LogP contribution in [0.25, 0.3) is 0 Å². The molecular weight excluding hydrogens is 304 g/mol. The van der Waals surface area contributed by atoms with Crippen LogP contribution >= 0.6 is 27.5 Å². The van der Waals surface area contributed by atoms with E-state index in [2.05, 4.69) is 46.7 Å². The lowest BCUT2D eigenvalue weighted by Crippen LogP contribution is -2.10. The van der Waals surface area contributed by atoms with E-state index < -0.39 is 0 Å². The maximum absolute atomic E-state index is 6.11. The van der Waals surface area contributed by atoms with Crippen molar-refractivity contribution >= 4 is 27.5 Å². The van der Waals surface area contributed by atoms with E-state index in [0.29, 0.717) is 16.9 Å². The maximum Gasteiger partial charge on any atom is 0.159 e. The second kappa shape index (κ2) is 6.66. The van der Waals surface area contributed by atoms with E-state index in [9.17, 15) is 0 Å². The summed E-state index contributed by atoms with van der Waals surface area (Å²) in [6.07, 6.45) is 1.83. The fraction of sp³-hybridized carbons (Fsp3) is 0.667. The van der Waals surface area contributed by atoms with Crippen LogP contribution < -0.4 is 0 Å². The molecule has 1 atom stereocenters. The average molecular weight is 322 g/mol. The minimum Gasteiger partial charge on any atom is -0.373 e. The zero-order chi connectivity index (χ0) is 13.0. The molecule has 1 rings (SSSR count). The molecule has 3 nitrogen and oxygen atoms in total. The Morgan fingerprint density at radius 1 is 1.35 bits per heavy atom. The number of rotatable bonds is 5. The van der Waals surface area contributed by atoms with Gasteiger partial charge in [0.2, 0.25) is 0 Å². The number of hydrogen-bond acceptors (Lipinski definition) is 3. The number of aromatic nitrogens is 2. The Morgan fingerprint density at radius 2 is 2.00 bits per heavy atom. The summed E-state index contributed by atoms with van der Waals surface area (Å²) in [4.78, 5) is 8.84. The van der Waals surface area contributed by atoms with Crippen LogP contribution in [0.4, 0.5) is 0 Å². The van der Waals surface area contributed by atoms with Gasteiger partial charge in [0.25, 0.3) is 0 Å². The van der Waals surface area contributed by atoms with Crippen molar-refractivity contribution in [3.8, 4) is 0 Å². The standard InChI is InChI=1S/C12H18BrClN2O/c1-5-6-8(17-4)12-15-10(7(2)3)9(13)11(14)16-12/h7-8H,5-6H2,1-4H3. The molecule has 0 aliphatic carbocycles. The van der Waals surface area contributed by atoms with Crippen molar-refractivity contribution in [1.29, 1.82) is 0 Å². The number of methoxy groups -OCH3 is 1. The molecule has 5 heteroatoms. The van der Waals surface area contributed by atoms with Gasteiger partial charge in [0.15, 0.2) is 5.82 Å². The third-order valence-electron chi connectivity index (χ3n) is 2.52. The highest BCUT2D eigenvalue weighted by molar-refractivity contribution is 9.10. The molecule has 0 fully saturated rings. The molecule has 0 N–H and O–H groups in total. The predicted octanol–water partition coefficient (Wildman–Crippen LogP) is 4.50. The monoisotopic (exact) mass is 320 g/mol. The van der Waals surface area contributed by atoms with Gasteiger partial charge in [-0.15, -0.1) is 0 Å². The van der Waals surface area contributed by atoms with Gasteiger partial charge in [-0.1, -0.05) is 38.8 Å². The van der Waals surface area contributed by atoms with Crippen LogP contribution in [0.5, 0.6) is 0 Å². The lowest BCUT2D eigenvalue weighted by molar-refractivity contribution is 0.0873. The van der Waals surface area contributed by atoms with Gasteiger partial charge < -0.3 is 4.74 Å². The third kappa shape index (κ3) is 3.63. The minimum absolute atomic E-state index is 0.0805. The number of ether oxygens (including phenoxy) is 1. The van der Waals surface area contributed by atoms with E-state index in [4.69, 9.17) is 16.3 Å². The lowest BCUT2D eigenvalue weighted by Gasteiger charge is -2.16. The van der Waals surface area contributed by atoms with E-state index in [1.807, 2.05) is 0 Å². The summed E-state index contributed by atoms with van der Waals surface area (Å²) in [5.74, 6) is 0.967. The van der Waals surface area contributed by atoms with Crippen molar-refractivity contribution in [2.75, 3.05) is 7.11 Å². The highest BCUT2D eigenvalue weighted by atomic mass is 79.9. The molecule has 1 heterocycles. The van der Waals surface area contributed by atoms with Crippen LogP contribution in [0, 0.1) is 0 Å². The van der Waals surface area contributed by atoms with Crippen LogP contribution in [-0.4, -0.2) is 17.1 Å². The lowest BCUT2D eigenvalue weighted by atomic mass is 10.1. The minimum atomic E-state index is -0.0805. The average Bonchev–Trinajstić information content (AvgIpc) is 2.29. The van der Waals surface area contributed by atoms with Crippen LogP contribution in [0.15, 0.2) is 4.47 Å². The first kappa shape index (κ1) is 14.9. The van der Waals surface area contributed by atoms with E-state index in [1.54, 1.807) is 7.11 Å². The Morgan fingerprint density at radius 3 is 2.47 bits per heavy atom. The van der Waals surface area contributed by atoms with Crippen molar-refractivity contribution in [2.24, 2.45) is 0 Å². The van der Waals surface area contributed by atoms with Crippen molar-refractivity contribution in [2.45, 2.75) is 45.6 Å². The van der Waals surface area contributed by atoms with Crippen molar-refractivity contribution in [1.82, 2.24) is 9.97 Å². The van der Waals surface area contributed by atoms with Crippen LogP contribution in [0.3, 0.4) is 0 Å². The second-order valence-electron chi connectivity index (χ2n) is 4.24. The van der Waals surface area contributed by atoms with E-state index >= 15 is 0 Å². The molecule has 0 amide bonds. The quantitative estimate of drug-likeness (QED) is 0.749. The Hall–Kier alpha value is -0.190. The Balaban J connectivity index is 3.17. The summed E-state index contributed by atoms with van der Waals surface area (Å²) in [7, 11) is 1.68. The first-order chi connectivity index (χ1) is 8.01. The van der Waals surface area contributed by atoms with Crippen LogP contribution in [0.1, 0.15) is 57.2 Å². The van der Waals surface area contributed by atoms with Crippen LogP contribution in [-0.2, 0) is 4.74 Å². The zero-order valence-corrected chi connectivity index (χ0v) is 13.0. The molecule has 0 saturated carbocycles. The van der Waals surface area contributed by atoms with Crippen molar-refractivity contribution in [3.63, 3.8) is 0 Å². The van der Waals surface area contributed by atoms with Crippen molar-refractivity contribution < 1.29 is 4.74 Å². The highest BCUT2D eigenvalue weighted by Crippen LogP contribution is 2.31. The first-order valence-electron chi connectivity index (χ1n) is 5.76. The van der Waals surface area contributed by atoms with E-state index in [1.165, 1.54) is 0 Å². The third-order valence-corrected chi connectivity index (χ3v) is 3.81. The molecule has 0 aliphatic heterocycles. The fourth-order valence-corrected chi connectivity index (χ4v) is 2.41. The zero-order valence-electron chi connectivity index (χ0n) is 10.6. The van der Waals surface area contributed by atoms with Gasteiger partial charge >= 0.3 is 0 Å². The molecule has 0 bridgehead atoms. The normalized spacial score (nSPS) is 13.1. The molecule has 1 unspecified atom stereocenters. The number of hydrogen-bond donors (Lipinski definition) is 0. The number of halogens is 2. The van der Waals surface area contributed by atoms with Gasteiger partial charge in [0, 0.05) is 7.11 Å². The Labute approximate surface area is 116 Å². The molecule has 1 aromatic rings. The topological polar surface area (TPSA) is 35.0 Å². The molecule has 0 spiro atoms. The molecule has 0 aliphatic rings.